The van der Waals surface area contributed by atoms with E-state index in [1.54, 1.807) is 0 Å². The number of hydrogen-bond donors (Lipinski definition) is 0. The number of rotatable bonds is 32. The fourth-order valence-electron chi connectivity index (χ4n) is 8.06. The van der Waals surface area contributed by atoms with E-state index in [1.165, 1.54) is 196 Å². The topological polar surface area (TPSA) is 17.6 Å². The molecule has 53 heavy (non-hydrogen) atoms. The van der Waals surface area contributed by atoms with Gasteiger partial charge in [0.05, 0.1) is 13.1 Å². The van der Waals surface area contributed by atoms with Crippen molar-refractivity contribution in [1.82, 2.24) is 9.13 Å². The minimum atomic E-state index is 1.05. The molecule has 0 N–H and O–H groups in total. The molecule has 0 spiro atoms. The Morgan fingerprint density at radius 1 is 0.340 bits per heavy atom. The normalized spacial score (nSPS) is 11.5. The maximum atomic E-state index is 2.53. The summed E-state index contributed by atoms with van der Waals surface area (Å²) in [5, 5.41) is 0. The van der Waals surface area contributed by atoms with Crippen LogP contribution in [0.15, 0.2) is 85.5 Å². The van der Waals surface area contributed by atoms with Crippen LogP contribution >= 0.6 is 0 Å². The minimum Gasteiger partial charge on any atom is -0.223 e. The molecule has 0 saturated heterocycles. The van der Waals surface area contributed by atoms with Gasteiger partial charge in [0.1, 0.15) is 36.2 Å². The van der Waals surface area contributed by atoms with Crippen LogP contribution in [0.1, 0.15) is 187 Å². The van der Waals surface area contributed by atoms with Crippen LogP contribution in [0.25, 0.3) is 23.0 Å². The van der Waals surface area contributed by atoms with Gasteiger partial charge in [-0.1, -0.05) is 198 Å². The molecule has 0 amide bonds. The molecule has 0 aliphatic heterocycles. The maximum Gasteiger partial charge on any atom is 0.378 e. The average molecular weight is 723 g/mol. The molecule has 4 rings (SSSR count). The quantitative estimate of drug-likeness (QED) is 0.0353. The fourth-order valence-corrected chi connectivity index (χ4v) is 8.06. The van der Waals surface area contributed by atoms with E-state index in [1.807, 2.05) is 0 Å². The zero-order chi connectivity index (χ0) is 37.0. The molecule has 4 nitrogen and oxygen atoms in total. The summed E-state index contributed by atoms with van der Waals surface area (Å²) >= 11 is 0. The Morgan fingerprint density at radius 3 is 0.887 bits per heavy atom. The predicted molar refractivity (Wildman–Crippen MR) is 227 cm³/mol. The molecular formula is C49H78N4+2. The second-order valence-corrected chi connectivity index (χ2v) is 15.9. The number of aryl methyl sites for hydroxylation is 2. The van der Waals surface area contributed by atoms with E-state index in [9.17, 15) is 0 Å². The Labute approximate surface area is 326 Å². The van der Waals surface area contributed by atoms with Gasteiger partial charge in [0.15, 0.2) is 0 Å². The summed E-state index contributed by atoms with van der Waals surface area (Å²) in [6.45, 7) is 6.71. The highest BCUT2D eigenvalue weighted by atomic mass is 15.2. The van der Waals surface area contributed by atoms with Crippen molar-refractivity contribution >= 4 is 0 Å². The second kappa shape index (κ2) is 27.4. The van der Waals surface area contributed by atoms with Gasteiger partial charge in [-0.2, -0.15) is 9.13 Å². The van der Waals surface area contributed by atoms with Gasteiger partial charge in [-0.05, 0) is 49.9 Å². The third kappa shape index (κ3) is 16.0. The van der Waals surface area contributed by atoms with Crippen LogP contribution in [0, 0.1) is 0 Å². The predicted octanol–water partition coefficient (Wildman–Crippen LogP) is 14.1. The van der Waals surface area contributed by atoms with Gasteiger partial charge in [0.25, 0.3) is 0 Å². The van der Waals surface area contributed by atoms with E-state index in [2.05, 4.69) is 118 Å². The number of imidazole rings is 2. The van der Waals surface area contributed by atoms with Crippen molar-refractivity contribution in [3.05, 3.63) is 85.5 Å². The molecule has 0 saturated carbocycles. The number of unbranched alkanes of at least 4 members (excludes halogenated alkanes) is 25. The smallest absolute Gasteiger partial charge is 0.223 e. The first-order valence-electron chi connectivity index (χ1n) is 22.7. The van der Waals surface area contributed by atoms with Crippen molar-refractivity contribution in [3.8, 4) is 23.0 Å². The largest absolute Gasteiger partial charge is 0.378 e. The molecule has 0 unspecified atom stereocenters. The van der Waals surface area contributed by atoms with Crippen LogP contribution in [-0.4, -0.2) is 9.13 Å². The van der Waals surface area contributed by atoms with Crippen molar-refractivity contribution < 1.29 is 9.13 Å². The molecule has 2 aromatic carbocycles. The van der Waals surface area contributed by atoms with E-state index in [0.717, 1.165) is 13.1 Å². The lowest BCUT2D eigenvalue weighted by Gasteiger charge is -2.08. The zero-order valence-electron chi connectivity index (χ0n) is 34.4. The first-order chi connectivity index (χ1) is 26.3. The lowest BCUT2D eigenvalue weighted by Crippen LogP contribution is -2.42. The van der Waals surface area contributed by atoms with Crippen LogP contribution in [0.4, 0.5) is 0 Å². The summed E-state index contributed by atoms with van der Waals surface area (Å²) in [5.41, 5.74) is 2.44. The molecule has 4 heteroatoms. The van der Waals surface area contributed by atoms with Crippen molar-refractivity contribution in [2.45, 2.75) is 200 Å². The molecule has 0 atom stereocenters. The van der Waals surface area contributed by atoms with E-state index >= 15 is 0 Å². The van der Waals surface area contributed by atoms with E-state index in [0.29, 0.717) is 0 Å². The highest BCUT2D eigenvalue weighted by molar-refractivity contribution is 5.49. The molecular weight excluding hydrogens is 645 g/mol. The van der Waals surface area contributed by atoms with Gasteiger partial charge < -0.3 is 0 Å². The Kier molecular flexibility index (Phi) is 22.1. The van der Waals surface area contributed by atoms with Crippen LogP contribution in [-0.2, 0) is 13.1 Å². The van der Waals surface area contributed by atoms with Crippen LogP contribution in [0.5, 0.6) is 0 Å². The molecule has 0 fully saturated rings. The molecule has 292 valence electrons. The van der Waals surface area contributed by atoms with Gasteiger partial charge >= 0.3 is 11.6 Å². The third-order valence-corrected chi connectivity index (χ3v) is 11.3. The first-order valence-corrected chi connectivity index (χ1v) is 22.7. The van der Waals surface area contributed by atoms with E-state index in [4.69, 9.17) is 0 Å². The SMILES string of the molecule is CCCCCCCCCCCCCCCC[n+]1ccn(-c2ccccc2)c1-c1n(-c2ccccc2)cc[n+]1CCCCCCCCCCCCCCC. The number of aromatic nitrogens is 4. The van der Waals surface area contributed by atoms with Crippen molar-refractivity contribution in [3.63, 3.8) is 0 Å². The Bertz CT molecular complexity index is 1440. The van der Waals surface area contributed by atoms with Gasteiger partial charge in [-0.3, -0.25) is 0 Å². The first kappa shape index (κ1) is 42.6. The molecule has 0 aliphatic carbocycles. The van der Waals surface area contributed by atoms with Crippen molar-refractivity contribution in [2.24, 2.45) is 0 Å². The standard InChI is InChI=1S/C49H78N4/c1-3-5-7-9-11-13-15-17-19-21-23-25-27-35-41-51-43-45-53(47-38-32-29-33-39-47)49(51)48-50(42-44-52(48)46-36-30-28-31-37-46)40-34-26-24-22-20-18-16-14-12-10-8-6-4-2/h28-33,36-39,42-45H,3-27,34-35,40-41H2,1-2H3/q+2. The van der Waals surface area contributed by atoms with Gasteiger partial charge in [0.2, 0.25) is 0 Å². The number of benzene rings is 2. The van der Waals surface area contributed by atoms with E-state index < -0.39 is 0 Å². The lowest BCUT2D eigenvalue weighted by molar-refractivity contribution is -0.715. The van der Waals surface area contributed by atoms with E-state index in [-0.39, 0.29) is 0 Å². The summed E-state index contributed by atoms with van der Waals surface area (Å²) in [5.74, 6) is 2.55. The second-order valence-electron chi connectivity index (χ2n) is 15.9. The van der Waals surface area contributed by atoms with Crippen LogP contribution in [0.2, 0.25) is 0 Å². The third-order valence-electron chi connectivity index (χ3n) is 11.3. The summed E-state index contributed by atoms with van der Waals surface area (Å²) in [6, 6.07) is 21.9. The molecule has 0 radical (unpaired) electrons. The molecule has 4 aromatic rings. The highest BCUT2D eigenvalue weighted by Gasteiger charge is 2.34. The number of nitrogens with zero attached hydrogens (tertiary/aromatic N) is 4. The Morgan fingerprint density at radius 2 is 0.604 bits per heavy atom. The summed E-state index contributed by atoms with van der Waals surface area (Å²) in [6.07, 6.45) is 46.7. The maximum absolute atomic E-state index is 2.53. The number of hydrogen-bond acceptors (Lipinski definition) is 0. The molecule has 2 heterocycles. The van der Waals surface area contributed by atoms with Gasteiger partial charge in [-0.25, -0.2) is 9.13 Å². The average Bonchev–Trinajstić information content (AvgIpc) is 3.81. The summed E-state index contributed by atoms with van der Waals surface area (Å²) < 4.78 is 9.89. The summed E-state index contributed by atoms with van der Waals surface area (Å²) in [4.78, 5) is 0. The fraction of sp³-hybridized carbons (Fsp3) is 0.633. The monoisotopic (exact) mass is 723 g/mol. The molecule has 0 bridgehead atoms. The Hall–Kier alpha value is -3.14. The van der Waals surface area contributed by atoms with Crippen LogP contribution in [0.3, 0.4) is 0 Å². The zero-order valence-corrected chi connectivity index (χ0v) is 34.4. The Balaban J connectivity index is 1.32. The summed E-state index contributed by atoms with van der Waals surface area (Å²) in [7, 11) is 0. The minimum absolute atomic E-state index is 1.05. The highest BCUT2D eigenvalue weighted by Crippen LogP contribution is 2.23. The van der Waals surface area contributed by atoms with Gasteiger partial charge in [-0.15, -0.1) is 0 Å². The molecule has 2 aromatic heterocycles. The van der Waals surface area contributed by atoms with Crippen molar-refractivity contribution in [2.75, 3.05) is 0 Å². The van der Waals surface area contributed by atoms with Crippen LogP contribution < -0.4 is 9.13 Å². The lowest BCUT2D eigenvalue weighted by atomic mass is 10.0. The molecule has 0 aliphatic rings. The van der Waals surface area contributed by atoms with Gasteiger partial charge in [0, 0.05) is 0 Å². The van der Waals surface area contributed by atoms with Crippen molar-refractivity contribution in [1.29, 1.82) is 0 Å². The number of para-hydroxylation sites is 2.